The highest BCUT2D eigenvalue weighted by molar-refractivity contribution is 5.92. The molecule has 0 saturated carbocycles. The van der Waals surface area contributed by atoms with E-state index < -0.39 is 17.5 Å². The van der Waals surface area contributed by atoms with Crippen LogP contribution in [0, 0.1) is 0 Å². The van der Waals surface area contributed by atoms with Gasteiger partial charge in [-0.25, -0.2) is 4.79 Å². The van der Waals surface area contributed by atoms with Crippen LogP contribution in [0.4, 0.5) is 4.79 Å². The standard InChI is InChI=1S/C19H19N7O3/c1-19(24-18(29)22-13-27,14-7-9-20-10-8-14)12-21-17(28)16-11-23-26(25-16)15-5-3-2-4-6-15/h2-11,13H,12H2,1H3,(H,21,28)(H2,22,24,27,29). The lowest BCUT2D eigenvalue weighted by molar-refractivity contribution is -0.108. The Morgan fingerprint density at radius 3 is 2.55 bits per heavy atom. The first kappa shape index (κ1) is 19.7. The third kappa shape index (κ3) is 4.80. The average molecular weight is 393 g/mol. The number of nitrogens with zero attached hydrogens (tertiary/aromatic N) is 4. The molecule has 3 aromatic rings. The van der Waals surface area contributed by atoms with Crippen LogP contribution < -0.4 is 16.0 Å². The number of imide groups is 1. The molecule has 2 heterocycles. The lowest BCUT2D eigenvalue weighted by Gasteiger charge is -2.31. The van der Waals surface area contributed by atoms with E-state index in [4.69, 9.17) is 0 Å². The zero-order chi connectivity index (χ0) is 20.7. The summed E-state index contributed by atoms with van der Waals surface area (Å²) in [5.41, 5.74) is 0.548. The predicted octanol–water partition coefficient (Wildman–Crippen LogP) is 0.763. The molecule has 0 saturated heterocycles. The van der Waals surface area contributed by atoms with Gasteiger partial charge in [0.2, 0.25) is 6.41 Å². The van der Waals surface area contributed by atoms with E-state index in [1.807, 2.05) is 35.6 Å². The second-order valence-corrected chi connectivity index (χ2v) is 6.32. The fourth-order valence-electron chi connectivity index (χ4n) is 2.68. The molecule has 0 aliphatic rings. The van der Waals surface area contributed by atoms with Crippen molar-refractivity contribution < 1.29 is 14.4 Å². The minimum Gasteiger partial charge on any atom is -0.348 e. The quantitative estimate of drug-likeness (QED) is 0.508. The summed E-state index contributed by atoms with van der Waals surface area (Å²) in [5.74, 6) is -0.454. The Labute approximate surface area is 166 Å². The van der Waals surface area contributed by atoms with Crippen molar-refractivity contribution in [2.45, 2.75) is 12.5 Å². The average Bonchev–Trinajstić information content (AvgIpc) is 3.24. The highest BCUT2D eigenvalue weighted by Crippen LogP contribution is 2.19. The summed E-state index contributed by atoms with van der Waals surface area (Å²) in [4.78, 5) is 40.3. The third-order valence-corrected chi connectivity index (χ3v) is 4.21. The molecule has 0 spiro atoms. The maximum atomic E-state index is 12.6. The van der Waals surface area contributed by atoms with Gasteiger partial charge >= 0.3 is 6.03 Å². The fourth-order valence-corrected chi connectivity index (χ4v) is 2.68. The summed E-state index contributed by atoms with van der Waals surface area (Å²) in [7, 11) is 0. The number of para-hydroxylation sites is 1. The molecule has 1 atom stereocenters. The van der Waals surface area contributed by atoms with Crippen LogP contribution >= 0.6 is 0 Å². The molecule has 0 aliphatic heterocycles. The van der Waals surface area contributed by atoms with Crippen LogP contribution in [-0.2, 0) is 10.3 Å². The molecule has 10 nitrogen and oxygen atoms in total. The van der Waals surface area contributed by atoms with E-state index in [1.54, 1.807) is 31.5 Å². The Kier molecular flexibility index (Phi) is 5.93. The van der Waals surface area contributed by atoms with Gasteiger partial charge in [0.05, 0.1) is 17.4 Å². The Morgan fingerprint density at radius 1 is 1.14 bits per heavy atom. The minimum absolute atomic E-state index is 0.0420. The summed E-state index contributed by atoms with van der Waals surface area (Å²) < 4.78 is 0. The van der Waals surface area contributed by atoms with Gasteiger partial charge in [0.1, 0.15) is 0 Å². The number of aromatic nitrogens is 4. The number of hydrogen-bond donors (Lipinski definition) is 3. The van der Waals surface area contributed by atoms with Gasteiger partial charge in [-0.2, -0.15) is 9.90 Å². The van der Waals surface area contributed by atoms with Crippen molar-refractivity contribution in [2.24, 2.45) is 0 Å². The Balaban J connectivity index is 1.74. The van der Waals surface area contributed by atoms with Gasteiger partial charge < -0.3 is 10.6 Å². The van der Waals surface area contributed by atoms with Crippen LogP contribution in [0.2, 0.25) is 0 Å². The van der Waals surface area contributed by atoms with Crippen molar-refractivity contribution in [3.63, 3.8) is 0 Å². The first-order chi connectivity index (χ1) is 14.0. The van der Waals surface area contributed by atoms with Gasteiger partial charge in [-0.3, -0.25) is 19.9 Å². The van der Waals surface area contributed by atoms with Crippen molar-refractivity contribution in [3.05, 3.63) is 72.3 Å². The first-order valence-corrected chi connectivity index (χ1v) is 8.70. The number of rotatable bonds is 7. The number of pyridine rings is 1. The SMILES string of the molecule is CC(CNC(=O)c1cnn(-c2ccccc2)n1)(NC(=O)NC=O)c1ccncc1. The van der Waals surface area contributed by atoms with Gasteiger partial charge in [-0.05, 0) is 36.8 Å². The molecule has 4 amide bonds. The van der Waals surface area contributed by atoms with Gasteiger partial charge in [-0.15, -0.1) is 5.10 Å². The predicted molar refractivity (Wildman–Crippen MR) is 103 cm³/mol. The molecule has 3 N–H and O–H groups in total. The van der Waals surface area contributed by atoms with Crippen molar-refractivity contribution >= 4 is 18.3 Å². The first-order valence-electron chi connectivity index (χ1n) is 8.70. The summed E-state index contributed by atoms with van der Waals surface area (Å²) in [6.07, 6.45) is 4.78. The molecule has 0 radical (unpaired) electrons. The summed E-state index contributed by atoms with van der Waals surface area (Å²) >= 11 is 0. The monoisotopic (exact) mass is 393 g/mol. The second-order valence-electron chi connectivity index (χ2n) is 6.32. The van der Waals surface area contributed by atoms with Crippen molar-refractivity contribution in [3.8, 4) is 5.69 Å². The number of carbonyl (C=O) groups is 3. The van der Waals surface area contributed by atoms with Crippen molar-refractivity contribution in [1.82, 2.24) is 35.9 Å². The van der Waals surface area contributed by atoms with E-state index in [1.165, 1.54) is 11.0 Å². The zero-order valence-electron chi connectivity index (χ0n) is 15.6. The molecule has 0 fully saturated rings. The van der Waals surface area contributed by atoms with Gasteiger partial charge in [0.25, 0.3) is 5.91 Å². The van der Waals surface area contributed by atoms with Gasteiger partial charge in [-0.1, -0.05) is 18.2 Å². The number of benzene rings is 1. The van der Waals surface area contributed by atoms with E-state index in [-0.39, 0.29) is 18.6 Å². The largest absolute Gasteiger partial charge is 0.348 e. The summed E-state index contributed by atoms with van der Waals surface area (Å²) in [5, 5.41) is 15.7. The van der Waals surface area contributed by atoms with Crippen molar-refractivity contribution in [1.29, 1.82) is 0 Å². The second kappa shape index (κ2) is 8.74. The van der Waals surface area contributed by atoms with Crippen LogP contribution in [0.5, 0.6) is 0 Å². The fraction of sp³-hybridized carbons (Fsp3) is 0.158. The van der Waals surface area contributed by atoms with Crippen LogP contribution in [0.15, 0.2) is 61.1 Å². The molecule has 148 valence electrons. The number of amides is 4. The molecular weight excluding hydrogens is 374 g/mol. The molecule has 10 heteroatoms. The highest BCUT2D eigenvalue weighted by Gasteiger charge is 2.30. The third-order valence-electron chi connectivity index (χ3n) is 4.21. The topological polar surface area (TPSA) is 131 Å². The summed E-state index contributed by atoms with van der Waals surface area (Å²) in [6, 6.07) is 11.9. The Morgan fingerprint density at radius 2 is 1.86 bits per heavy atom. The van der Waals surface area contributed by atoms with E-state index in [0.29, 0.717) is 5.56 Å². The molecule has 1 aromatic carbocycles. The van der Waals surface area contributed by atoms with Gasteiger partial charge in [0, 0.05) is 18.9 Å². The maximum absolute atomic E-state index is 12.6. The zero-order valence-corrected chi connectivity index (χ0v) is 15.6. The maximum Gasteiger partial charge on any atom is 0.321 e. The normalized spacial score (nSPS) is 12.4. The Hall–Kier alpha value is -4.08. The molecule has 2 aromatic heterocycles. The molecular formula is C19H19N7O3. The van der Waals surface area contributed by atoms with Crippen LogP contribution in [0.3, 0.4) is 0 Å². The smallest absolute Gasteiger partial charge is 0.321 e. The molecule has 1 unspecified atom stereocenters. The number of carbonyl (C=O) groups excluding carboxylic acids is 3. The molecule has 29 heavy (non-hydrogen) atoms. The summed E-state index contributed by atoms with van der Waals surface area (Å²) in [6.45, 7) is 1.76. The van der Waals surface area contributed by atoms with E-state index in [9.17, 15) is 14.4 Å². The van der Waals surface area contributed by atoms with Crippen LogP contribution in [0.25, 0.3) is 5.69 Å². The van der Waals surface area contributed by atoms with Crippen molar-refractivity contribution in [2.75, 3.05) is 6.54 Å². The van der Waals surface area contributed by atoms with E-state index in [2.05, 4.69) is 25.8 Å². The molecule has 3 rings (SSSR count). The molecule has 0 aliphatic carbocycles. The lowest BCUT2D eigenvalue weighted by atomic mass is 9.92. The highest BCUT2D eigenvalue weighted by atomic mass is 16.2. The number of urea groups is 1. The lowest BCUT2D eigenvalue weighted by Crippen LogP contribution is -2.53. The number of hydrogen-bond acceptors (Lipinski definition) is 6. The van der Waals surface area contributed by atoms with Gasteiger partial charge in [0.15, 0.2) is 5.69 Å². The Bertz CT molecular complexity index is 991. The van der Waals surface area contributed by atoms with E-state index in [0.717, 1.165) is 5.69 Å². The van der Waals surface area contributed by atoms with Crippen LogP contribution in [0.1, 0.15) is 23.0 Å². The number of nitrogens with one attached hydrogen (secondary N) is 3. The van der Waals surface area contributed by atoms with E-state index >= 15 is 0 Å². The minimum atomic E-state index is -0.999. The van der Waals surface area contributed by atoms with Crippen LogP contribution in [-0.4, -0.2) is 44.9 Å². The molecule has 0 bridgehead atoms.